The second kappa shape index (κ2) is 8.92. The van der Waals surface area contributed by atoms with Gasteiger partial charge in [0.2, 0.25) is 0 Å². The minimum Gasteiger partial charge on any atom is -0.486 e. The number of nitrogens with one attached hydrogen (secondary N) is 2. The zero-order chi connectivity index (χ0) is 22.7. The molecule has 0 spiro atoms. The Kier molecular flexibility index (Phi) is 6.05. The largest absolute Gasteiger partial charge is 0.486 e. The molecule has 3 aromatic rings. The van der Waals surface area contributed by atoms with Gasteiger partial charge in [0.1, 0.15) is 12.7 Å². The third-order valence-electron chi connectivity index (χ3n) is 5.21. The standard InChI is InChI=1S/C24H24N2O5S/c1-16-10-12-19(13-11-16)32(28,29)26-21-7-5-6-20(17(21)2)24(27)25-14-18-15-30-22-8-3-4-9-23(22)31-18/h3-13,18,26H,14-15H2,1-2H3,(H,25,27)/t18-/m0/s1. The fourth-order valence-corrected chi connectivity index (χ4v) is 4.50. The summed E-state index contributed by atoms with van der Waals surface area (Å²) in [6.07, 6.45) is -0.322. The Labute approximate surface area is 187 Å². The van der Waals surface area contributed by atoms with Crippen LogP contribution in [0.3, 0.4) is 0 Å². The van der Waals surface area contributed by atoms with E-state index >= 15 is 0 Å². The van der Waals surface area contributed by atoms with Crippen LogP contribution in [0.5, 0.6) is 11.5 Å². The SMILES string of the molecule is Cc1ccc(S(=O)(=O)Nc2cccc(C(=O)NC[C@H]3COc4ccccc4O3)c2C)cc1. The summed E-state index contributed by atoms with van der Waals surface area (Å²) in [5, 5.41) is 2.85. The first-order valence-electron chi connectivity index (χ1n) is 10.2. The van der Waals surface area contributed by atoms with Crippen molar-refractivity contribution in [2.75, 3.05) is 17.9 Å². The number of rotatable bonds is 6. The molecule has 0 fully saturated rings. The second-order valence-electron chi connectivity index (χ2n) is 7.60. The van der Waals surface area contributed by atoms with E-state index in [1.807, 2.05) is 31.2 Å². The van der Waals surface area contributed by atoms with Crippen LogP contribution >= 0.6 is 0 Å². The van der Waals surface area contributed by atoms with Crippen LogP contribution in [0.25, 0.3) is 0 Å². The lowest BCUT2D eigenvalue weighted by molar-refractivity contribution is 0.0789. The van der Waals surface area contributed by atoms with Gasteiger partial charge in [-0.3, -0.25) is 9.52 Å². The van der Waals surface area contributed by atoms with Gasteiger partial charge >= 0.3 is 0 Å². The average molecular weight is 453 g/mol. The van der Waals surface area contributed by atoms with Crippen LogP contribution in [0.4, 0.5) is 5.69 Å². The lowest BCUT2D eigenvalue weighted by Crippen LogP contribution is -2.40. The molecule has 4 rings (SSSR count). The van der Waals surface area contributed by atoms with Crippen molar-refractivity contribution in [1.82, 2.24) is 5.32 Å². The van der Waals surface area contributed by atoms with Crippen molar-refractivity contribution in [3.8, 4) is 11.5 Å². The van der Waals surface area contributed by atoms with E-state index in [1.165, 1.54) is 0 Å². The fraction of sp³-hybridized carbons (Fsp3) is 0.208. The Morgan fingerprint density at radius 2 is 1.69 bits per heavy atom. The van der Waals surface area contributed by atoms with Crippen LogP contribution in [0.2, 0.25) is 0 Å². The number of aryl methyl sites for hydroxylation is 1. The van der Waals surface area contributed by atoms with E-state index in [2.05, 4.69) is 10.0 Å². The highest BCUT2D eigenvalue weighted by Gasteiger charge is 2.22. The number of sulfonamides is 1. The smallest absolute Gasteiger partial charge is 0.261 e. The summed E-state index contributed by atoms with van der Waals surface area (Å²) in [5.41, 5.74) is 2.23. The molecule has 1 aliphatic heterocycles. The molecule has 0 saturated carbocycles. The summed E-state index contributed by atoms with van der Waals surface area (Å²) in [4.78, 5) is 13.0. The van der Waals surface area contributed by atoms with Crippen LogP contribution in [0.15, 0.2) is 71.6 Å². The summed E-state index contributed by atoms with van der Waals surface area (Å²) in [7, 11) is -3.77. The van der Waals surface area contributed by atoms with Crippen LogP contribution in [-0.4, -0.2) is 33.6 Å². The van der Waals surface area contributed by atoms with Gasteiger partial charge in [0, 0.05) is 5.56 Å². The topological polar surface area (TPSA) is 93.7 Å². The molecule has 0 aromatic heterocycles. The highest BCUT2D eigenvalue weighted by Crippen LogP contribution is 2.30. The van der Waals surface area contributed by atoms with E-state index in [-0.39, 0.29) is 23.5 Å². The van der Waals surface area contributed by atoms with E-state index in [0.29, 0.717) is 34.9 Å². The number of carbonyl (C=O) groups excluding carboxylic acids is 1. The van der Waals surface area contributed by atoms with Crippen molar-refractivity contribution in [1.29, 1.82) is 0 Å². The molecule has 7 nitrogen and oxygen atoms in total. The number of anilines is 1. The number of hydrogen-bond acceptors (Lipinski definition) is 5. The first-order chi connectivity index (χ1) is 15.3. The van der Waals surface area contributed by atoms with Crippen molar-refractivity contribution in [2.45, 2.75) is 24.8 Å². The monoisotopic (exact) mass is 452 g/mol. The van der Waals surface area contributed by atoms with Gasteiger partial charge in [-0.2, -0.15) is 0 Å². The summed E-state index contributed by atoms with van der Waals surface area (Å²) < 4.78 is 39.6. The first-order valence-corrected chi connectivity index (χ1v) is 11.7. The number of carbonyl (C=O) groups is 1. The van der Waals surface area contributed by atoms with Gasteiger partial charge in [0.05, 0.1) is 17.1 Å². The van der Waals surface area contributed by atoms with E-state index < -0.39 is 10.0 Å². The molecule has 0 unspecified atom stereocenters. The molecule has 32 heavy (non-hydrogen) atoms. The molecule has 0 saturated heterocycles. The van der Waals surface area contributed by atoms with Crippen LogP contribution in [0, 0.1) is 13.8 Å². The molecule has 1 aliphatic rings. The third-order valence-corrected chi connectivity index (χ3v) is 6.59. The number of ether oxygens (including phenoxy) is 2. The Morgan fingerprint density at radius 3 is 2.44 bits per heavy atom. The van der Waals surface area contributed by atoms with Gasteiger partial charge in [-0.15, -0.1) is 0 Å². The summed E-state index contributed by atoms with van der Waals surface area (Å²) in [5.74, 6) is 1.00. The number of amides is 1. The highest BCUT2D eigenvalue weighted by molar-refractivity contribution is 7.92. The molecule has 1 atom stereocenters. The lowest BCUT2D eigenvalue weighted by atomic mass is 10.1. The minimum atomic E-state index is -3.77. The summed E-state index contributed by atoms with van der Waals surface area (Å²) in [6.45, 7) is 4.18. The molecule has 166 valence electrons. The Balaban J connectivity index is 1.44. The summed E-state index contributed by atoms with van der Waals surface area (Å²) >= 11 is 0. The van der Waals surface area contributed by atoms with Gasteiger partial charge in [0.15, 0.2) is 11.5 Å². The molecule has 0 radical (unpaired) electrons. The maximum absolute atomic E-state index is 12.8. The average Bonchev–Trinajstić information content (AvgIpc) is 2.79. The summed E-state index contributed by atoms with van der Waals surface area (Å²) in [6, 6.07) is 18.9. The van der Waals surface area contributed by atoms with E-state index in [9.17, 15) is 13.2 Å². The van der Waals surface area contributed by atoms with Gasteiger partial charge in [-0.1, -0.05) is 35.9 Å². The van der Waals surface area contributed by atoms with Crippen molar-refractivity contribution >= 4 is 21.6 Å². The van der Waals surface area contributed by atoms with Crippen molar-refractivity contribution in [3.05, 3.63) is 83.4 Å². The molecular formula is C24H24N2O5S. The van der Waals surface area contributed by atoms with E-state index in [0.717, 1.165) is 5.56 Å². The molecule has 2 N–H and O–H groups in total. The molecule has 8 heteroatoms. The quantitative estimate of drug-likeness (QED) is 0.595. The lowest BCUT2D eigenvalue weighted by Gasteiger charge is -2.26. The van der Waals surface area contributed by atoms with Gasteiger partial charge < -0.3 is 14.8 Å². The maximum Gasteiger partial charge on any atom is 0.261 e. The van der Waals surface area contributed by atoms with Gasteiger partial charge in [-0.05, 0) is 55.8 Å². The highest BCUT2D eigenvalue weighted by atomic mass is 32.2. The molecule has 0 aliphatic carbocycles. The maximum atomic E-state index is 12.8. The predicted molar refractivity (Wildman–Crippen MR) is 122 cm³/mol. The van der Waals surface area contributed by atoms with Gasteiger partial charge in [0.25, 0.3) is 15.9 Å². The Morgan fingerprint density at radius 1 is 0.969 bits per heavy atom. The van der Waals surface area contributed by atoms with Gasteiger partial charge in [-0.25, -0.2) is 8.42 Å². The molecule has 3 aromatic carbocycles. The van der Waals surface area contributed by atoms with E-state index in [1.54, 1.807) is 49.4 Å². The number of hydrogen-bond donors (Lipinski definition) is 2. The predicted octanol–water partition coefficient (Wildman–Crippen LogP) is 3.67. The molecule has 1 amide bonds. The van der Waals surface area contributed by atoms with Crippen LogP contribution in [0.1, 0.15) is 21.5 Å². The van der Waals surface area contributed by atoms with Crippen molar-refractivity contribution in [2.24, 2.45) is 0 Å². The fourth-order valence-electron chi connectivity index (χ4n) is 3.38. The Bertz CT molecular complexity index is 1240. The van der Waals surface area contributed by atoms with Crippen molar-refractivity contribution < 1.29 is 22.7 Å². The van der Waals surface area contributed by atoms with E-state index in [4.69, 9.17) is 9.47 Å². The van der Waals surface area contributed by atoms with Crippen molar-refractivity contribution in [3.63, 3.8) is 0 Å². The Hall–Kier alpha value is -3.52. The number of benzene rings is 3. The molecular weight excluding hydrogens is 428 g/mol. The second-order valence-corrected chi connectivity index (χ2v) is 9.29. The number of para-hydroxylation sites is 2. The number of fused-ring (bicyclic) bond motifs is 1. The molecule has 0 bridgehead atoms. The zero-order valence-electron chi connectivity index (χ0n) is 17.8. The van der Waals surface area contributed by atoms with Crippen LogP contribution in [-0.2, 0) is 10.0 Å². The first kappa shape index (κ1) is 21.7. The minimum absolute atomic E-state index is 0.159. The zero-order valence-corrected chi connectivity index (χ0v) is 18.6. The third kappa shape index (κ3) is 4.70. The van der Waals surface area contributed by atoms with Crippen LogP contribution < -0.4 is 19.5 Å². The normalized spacial score (nSPS) is 15.1. The molecule has 1 heterocycles.